The number of hydrogen-bond acceptors (Lipinski definition) is 6. The molecular formula is C18H24ClN3O5. The lowest BCUT2D eigenvalue weighted by Crippen LogP contribution is -2.46. The normalized spacial score (nSPS) is 14.6. The zero-order valence-electron chi connectivity index (χ0n) is 15.4. The predicted octanol–water partition coefficient (Wildman–Crippen LogP) is 2.28. The van der Waals surface area contributed by atoms with E-state index in [9.17, 15) is 14.4 Å². The molecule has 0 spiro atoms. The van der Waals surface area contributed by atoms with Crippen molar-refractivity contribution < 1.29 is 23.9 Å². The molecule has 2 rings (SSSR count). The first-order chi connectivity index (χ1) is 12.9. The molecule has 27 heavy (non-hydrogen) atoms. The highest BCUT2D eigenvalue weighted by molar-refractivity contribution is 6.33. The van der Waals surface area contributed by atoms with Crippen LogP contribution < -0.4 is 10.6 Å². The molecule has 0 saturated carbocycles. The largest absolute Gasteiger partial charge is 0.465 e. The number of benzene rings is 1. The van der Waals surface area contributed by atoms with Crippen LogP contribution in [0.3, 0.4) is 0 Å². The molecule has 148 valence electrons. The first kappa shape index (κ1) is 21.0. The predicted molar refractivity (Wildman–Crippen MR) is 101 cm³/mol. The van der Waals surface area contributed by atoms with Gasteiger partial charge in [-0.25, -0.2) is 9.59 Å². The summed E-state index contributed by atoms with van der Waals surface area (Å²) in [7, 11) is 1.28. The summed E-state index contributed by atoms with van der Waals surface area (Å²) in [5.74, 6) is -0.777. The number of amides is 2. The summed E-state index contributed by atoms with van der Waals surface area (Å²) < 4.78 is 9.64. The molecule has 1 heterocycles. The molecule has 1 aromatic carbocycles. The van der Waals surface area contributed by atoms with Crippen LogP contribution in [0, 0.1) is 0 Å². The molecule has 1 aliphatic rings. The topological polar surface area (TPSA) is 97.0 Å². The Morgan fingerprint density at radius 1 is 1.26 bits per heavy atom. The third kappa shape index (κ3) is 6.11. The number of hydrogen-bond donors (Lipinski definition) is 2. The summed E-state index contributed by atoms with van der Waals surface area (Å²) >= 11 is 6.07. The highest BCUT2D eigenvalue weighted by Gasteiger charge is 2.23. The molecule has 0 unspecified atom stereocenters. The summed E-state index contributed by atoms with van der Waals surface area (Å²) in [4.78, 5) is 37.1. The van der Waals surface area contributed by atoms with E-state index in [2.05, 4.69) is 15.4 Å². The van der Waals surface area contributed by atoms with Crippen molar-refractivity contribution in [3.05, 3.63) is 28.8 Å². The molecule has 0 atom stereocenters. The molecule has 0 aliphatic carbocycles. The molecule has 2 N–H and O–H groups in total. The number of anilines is 1. The summed E-state index contributed by atoms with van der Waals surface area (Å²) in [6.45, 7) is 3.41. The summed E-state index contributed by atoms with van der Waals surface area (Å²) in [6, 6.07) is 4.67. The second kappa shape index (κ2) is 10.1. The quantitative estimate of drug-likeness (QED) is 0.715. The molecule has 1 aromatic rings. The van der Waals surface area contributed by atoms with Gasteiger partial charge in [0.25, 0.3) is 0 Å². The van der Waals surface area contributed by atoms with Crippen LogP contribution in [0.5, 0.6) is 0 Å². The van der Waals surface area contributed by atoms with E-state index in [1.165, 1.54) is 25.3 Å². The minimum atomic E-state index is -0.506. The van der Waals surface area contributed by atoms with Gasteiger partial charge in [-0.15, -0.1) is 0 Å². The molecule has 1 saturated heterocycles. The number of likely N-dealkylation sites (tertiary alicyclic amines) is 1. The first-order valence-electron chi connectivity index (χ1n) is 8.77. The van der Waals surface area contributed by atoms with Crippen LogP contribution in [0.15, 0.2) is 18.2 Å². The number of rotatable bonds is 6. The number of methoxy groups -OCH3 is 1. The number of carbonyl (C=O) groups excluding carboxylic acids is 3. The molecule has 1 aliphatic heterocycles. The number of esters is 1. The molecule has 0 aromatic heterocycles. The third-order valence-corrected chi connectivity index (χ3v) is 4.56. The summed E-state index contributed by atoms with van der Waals surface area (Å²) in [5.41, 5.74) is 0.653. The van der Waals surface area contributed by atoms with Gasteiger partial charge in [-0.05, 0) is 38.0 Å². The van der Waals surface area contributed by atoms with Gasteiger partial charge in [-0.3, -0.25) is 4.79 Å². The third-order valence-electron chi connectivity index (χ3n) is 4.23. The number of ether oxygens (including phenoxy) is 2. The highest BCUT2D eigenvalue weighted by Crippen LogP contribution is 2.23. The van der Waals surface area contributed by atoms with Crippen molar-refractivity contribution in [2.24, 2.45) is 0 Å². The fourth-order valence-electron chi connectivity index (χ4n) is 2.78. The zero-order valence-corrected chi connectivity index (χ0v) is 16.2. The number of nitrogens with zero attached hydrogens (tertiary/aromatic N) is 1. The van der Waals surface area contributed by atoms with Gasteiger partial charge in [0.15, 0.2) is 0 Å². The van der Waals surface area contributed by atoms with Crippen molar-refractivity contribution in [3.8, 4) is 0 Å². The number of carbonyl (C=O) groups is 3. The highest BCUT2D eigenvalue weighted by atomic mass is 35.5. The van der Waals surface area contributed by atoms with Gasteiger partial charge < -0.3 is 25.0 Å². The Bertz CT molecular complexity index is 690. The van der Waals surface area contributed by atoms with E-state index in [-0.39, 0.29) is 24.6 Å². The zero-order chi connectivity index (χ0) is 19.8. The Kier molecular flexibility index (Phi) is 7.87. The first-order valence-corrected chi connectivity index (χ1v) is 9.15. The summed E-state index contributed by atoms with van der Waals surface area (Å²) in [5, 5.41) is 6.19. The lowest BCUT2D eigenvalue weighted by molar-refractivity contribution is -0.115. The molecule has 1 fully saturated rings. The van der Waals surface area contributed by atoms with Crippen LogP contribution in [0.2, 0.25) is 5.02 Å². The maximum Gasteiger partial charge on any atom is 0.409 e. The van der Waals surface area contributed by atoms with E-state index in [1.807, 2.05) is 0 Å². The number of halogens is 1. The number of nitrogens with one attached hydrogen (secondary N) is 2. The molecule has 9 heteroatoms. The van der Waals surface area contributed by atoms with E-state index < -0.39 is 5.97 Å². The Labute approximate surface area is 163 Å². The Morgan fingerprint density at radius 2 is 1.96 bits per heavy atom. The average molecular weight is 398 g/mol. The van der Waals surface area contributed by atoms with Crippen molar-refractivity contribution in [2.45, 2.75) is 25.8 Å². The van der Waals surface area contributed by atoms with Crippen molar-refractivity contribution in [3.63, 3.8) is 0 Å². The van der Waals surface area contributed by atoms with Crippen LogP contribution in [0.1, 0.15) is 30.1 Å². The van der Waals surface area contributed by atoms with E-state index in [4.69, 9.17) is 16.3 Å². The van der Waals surface area contributed by atoms with Crippen molar-refractivity contribution in [2.75, 3.05) is 38.7 Å². The smallest absolute Gasteiger partial charge is 0.409 e. The lowest BCUT2D eigenvalue weighted by atomic mass is 10.1. The standard InChI is InChI=1S/C18H24ClN3O5/c1-3-27-18(25)22-8-6-13(7-9-22)20-11-16(23)21-15-10-12(17(24)26-2)4-5-14(15)19/h4-5,10,13,20H,3,6-9,11H2,1-2H3,(H,21,23). The van der Waals surface area contributed by atoms with Gasteiger partial charge in [0.05, 0.1) is 36.5 Å². The van der Waals surface area contributed by atoms with Crippen LogP contribution in [-0.2, 0) is 14.3 Å². The Balaban J connectivity index is 1.80. The monoisotopic (exact) mass is 397 g/mol. The van der Waals surface area contributed by atoms with Crippen LogP contribution >= 0.6 is 11.6 Å². The van der Waals surface area contributed by atoms with Crippen molar-refractivity contribution in [1.29, 1.82) is 0 Å². The van der Waals surface area contributed by atoms with Gasteiger partial charge in [-0.2, -0.15) is 0 Å². The SMILES string of the molecule is CCOC(=O)N1CCC(NCC(=O)Nc2cc(C(=O)OC)ccc2Cl)CC1. The molecule has 0 radical (unpaired) electrons. The van der Waals surface area contributed by atoms with E-state index in [0.29, 0.717) is 36.0 Å². The molecule has 2 amide bonds. The minimum Gasteiger partial charge on any atom is -0.465 e. The maximum absolute atomic E-state index is 12.2. The van der Waals surface area contributed by atoms with Gasteiger partial charge in [-0.1, -0.05) is 11.6 Å². The average Bonchev–Trinajstić information content (AvgIpc) is 2.68. The Morgan fingerprint density at radius 3 is 2.59 bits per heavy atom. The lowest BCUT2D eigenvalue weighted by Gasteiger charge is -2.31. The maximum atomic E-state index is 12.2. The van der Waals surface area contributed by atoms with E-state index in [0.717, 1.165) is 12.8 Å². The van der Waals surface area contributed by atoms with Gasteiger partial charge in [0.1, 0.15) is 0 Å². The fourth-order valence-corrected chi connectivity index (χ4v) is 2.94. The van der Waals surface area contributed by atoms with Crippen LogP contribution in [-0.4, -0.2) is 62.3 Å². The molecular weight excluding hydrogens is 374 g/mol. The van der Waals surface area contributed by atoms with Gasteiger partial charge in [0, 0.05) is 19.1 Å². The van der Waals surface area contributed by atoms with Gasteiger partial charge in [0.2, 0.25) is 5.91 Å². The minimum absolute atomic E-state index is 0.100. The van der Waals surface area contributed by atoms with Crippen molar-refractivity contribution >= 4 is 35.3 Å². The second-order valence-corrected chi connectivity index (χ2v) is 6.48. The van der Waals surface area contributed by atoms with E-state index in [1.54, 1.807) is 11.8 Å². The van der Waals surface area contributed by atoms with Crippen molar-refractivity contribution in [1.82, 2.24) is 10.2 Å². The Hall–Kier alpha value is -2.32. The van der Waals surface area contributed by atoms with Crippen LogP contribution in [0.4, 0.5) is 10.5 Å². The number of piperidine rings is 1. The molecule has 8 nitrogen and oxygen atoms in total. The van der Waals surface area contributed by atoms with Gasteiger partial charge >= 0.3 is 12.1 Å². The van der Waals surface area contributed by atoms with E-state index >= 15 is 0 Å². The second-order valence-electron chi connectivity index (χ2n) is 6.08. The van der Waals surface area contributed by atoms with Crippen LogP contribution in [0.25, 0.3) is 0 Å². The molecule has 0 bridgehead atoms. The fraction of sp³-hybridized carbons (Fsp3) is 0.500. The summed E-state index contributed by atoms with van der Waals surface area (Å²) in [6.07, 6.45) is 1.18.